The Kier molecular flexibility index (Phi) is 4.57. The van der Waals surface area contributed by atoms with E-state index in [-0.39, 0.29) is 16.6 Å². The summed E-state index contributed by atoms with van der Waals surface area (Å²) in [6.07, 6.45) is 1.55. The Bertz CT molecular complexity index is 1230. The molecule has 0 bridgehead atoms. The first kappa shape index (κ1) is 17.8. The molecule has 2 heterocycles. The number of ketones is 1. The Balaban J connectivity index is 1.91. The van der Waals surface area contributed by atoms with Crippen molar-refractivity contribution in [2.45, 2.75) is 13.5 Å². The molecule has 0 spiro atoms. The van der Waals surface area contributed by atoms with Crippen molar-refractivity contribution in [2.75, 3.05) is 0 Å². The summed E-state index contributed by atoms with van der Waals surface area (Å²) in [5, 5.41) is 0.384. The Morgan fingerprint density at radius 1 is 1.00 bits per heavy atom. The van der Waals surface area contributed by atoms with Crippen LogP contribution in [0.25, 0.3) is 11.0 Å². The fourth-order valence-corrected chi connectivity index (χ4v) is 3.18. The second-order valence-electron chi connectivity index (χ2n) is 6.65. The van der Waals surface area contributed by atoms with Crippen molar-refractivity contribution in [3.63, 3.8) is 0 Å². The molecule has 28 heavy (non-hydrogen) atoms. The average Bonchev–Trinajstić information content (AvgIpc) is 2.71. The third-order valence-electron chi connectivity index (χ3n) is 4.61. The van der Waals surface area contributed by atoms with E-state index in [1.54, 1.807) is 18.3 Å². The largest absolute Gasteiger partial charge is 0.327 e. The first-order chi connectivity index (χ1) is 13.5. The van der Waals surface area contributed by atoms with Crippen LogP contribution >= 0.6 is 0 Å². The molecule has 2 aromatic heterocycles. The monoisotopic (exact) mass is 372 g/mol. The van der Waals surface area contributed by atoms with Gasteiger partial charge in [0.1, 0.15) is 11.5 Å². The summed E-state index contributed by atoms with van der Waals surface area (Å²) in [5.41, 5.74) is 2.28. The number of hydrogen-bond donors (Lipinski definition) is 0. The van der Waals surface area contributed by atoms with E-state index < -0.39 is 11.6 Å². The Labute approximate surface area is 160 Å². The maximum absolute atomic E-state index is 13.2. The third-order valence-corrected chi connectivity index (χ3v) is 4.61. The van der Waals surface area contributed by atoms with Gasteiger partial charge < -0.3 is 4.57 Å². The van der Waals surface area contributed by atoms with Gasteiger partial charge in [-0.25, -0.2) is 9.37 Å². The van der Waals surface area contributed by atoms with Crippen molar-refractivity contribution in [1.29, 1.82) is 0 Å². The third kappa shape index (κ3) is 3.34. The van der Waals surface area contributed by atoms with Gasteiger partial charge in [0.2, 0.25) is 5.43 Å². The predicted molar refractivity (Wildman–Crippen MR) is 106 cm³/mol. The van der Waals surface area contributed by atoms with Crippen molar-refractivity contribution in [2.24, 2.45) is 0 Å². The smallest absolute Gasteiger partial charge is 0.202 e. The SMILES string of the molecule is Cc1ccc2c(=O)c(C(=O)c3ccc(F)cc3)cn(Cc3ccccc3)c2n1. The van der Waals surface area contributed by atoms with Gasteiger partial charge in [0.05, 0.1) is 10.9 Å². The van der Waals surface area contributed by atoms with Crippen molar-refractivity contribution >= 4 is 16.8 Å². The van der Waals surface area contributed by atoms with Crippen LogP contribution in [0.15, 0.2) is 77.7 Å². The molecule has 4 nitrogen and oxygen atoms in total. The van der Waals surface area contributed by atoms with E-state index in [2.05, 4.69) is 4.98 Å². The lowest BCUT2D eigenvalue weighted by Crippen LogP contribution is -2.21. The molecule has 0 amide bonds. The van der Waals surface area contributed by atoms with Crippen LogP contribution in [0.4, 0.5) is 4.39 Å². The van der Waals surface area contributed by atoms with Gasteiger partial charge in [-0.2, -0.15) is 0 Å². The summed E-state index contributed by atoms with van der Waals surface area (Å²) in [6.45, 7) is 2.33. The molecule has 138 valence electrons. The van der Waals surface area contributed by atoms with E-state index in [0.29, 0.717) is 17.6 Å². The highest BCUT2D eigenvalue weighted by atomic mass is 19.1. The number of benzene rings is 2. The summed E-state index contributed by atoms with van der Waals surface area (Å²) in [5.74, 6) is -0.870. The number of hydrogen-bond acceptors (Lipinski definition) is 3. The fourth-order valence-electron chi connectivity index (χ4n) is 3.18. The zero-order valence-electron chi connectivity index (χ0n) is 15.2. The number of aromatic nitrogens is 2. The van der Waals surface area contributed by atoms with Gasteiger partial charge >= 0.3 is 0 Å². The lowest BCUT2D eigenvalue weighted by atomic mass is 10.0. The molecule has 0 N–H and O–H groups in total. The second-order valence-corrected chi connectivity index (χ2v) is 6.65. The van der Waals surface area contributed by atoms with Crippen molar-refractivity contribution < 1.29 is 9.18 Å². The predicted octanol–water partition coefficient (Wildman–Crippen LogP) is 4.12. The van der Waals surface area contributed by atoms with Crippen LogP contribution in [0.1, 0.15) is 27.2 Å². The summed E-state index contributed by atoms with van der Waals surface area (Å²) in [4.78, 5) is 30.4. The zero-order chi connectivity index (χ0) is 19.7. The van der Waals surface area contributed by atoms with Crippen molar-refractivity contribution in [1.82, 2.24) is 9.55 Å². The Morgan fingerprint density at radius 3 is 2.43 bits per heavy atom. The molecular weight excluding hydrogens is 355 g/mol. The van der Waals surface area contributed by atoms with E-state index in [1.807, 2.05) is 41.8 Å². The molecule has 0 atom stereocenters. The summed E-state index contributed by atoms with van der Waals surface area (Å²) < 4.78 is 15.0. The Morgan fingerprint density at radius 2 is 1.71 bits per heavy atom. The van der Waals surface area contributed by atoms with Crippen LogP contribution in [-0.4, -0.2) is 15.3 Å². The van der Waals surface area contributed by atoms with Gasteiger partial charge in [0.25, 0.3) is 0 Å². The number of nitrogens with zero attached hydrogens (tertiary/aromatic N) is 2. The van der Waals surface area contributed by atoms with E-state index in [4.69, 9.17) is 0 Å². The first-order valence-electron chi connectivity index (χ1n) is 8.88. The molecule has 0 saturated carbocycles. The quantitative estimate of drug-likeness (QED) is 0.506. The van der Waals surface area contributed by atoms with Gasteiger partial charge in [0.15, 0.2) is 5.78 Å². The van der Waals surface area contributed by atoms with E-state index in [1.165, 1.54) is 24.3 Å². The number of pyridine rings is 2. The molecule has 2 aromatic carbocycles. The average molecular weight is 372 g/mol. The standard InChI is InChI=1S/C23H17FN2O2/c1-15-7-12-19-22(28)20(21(27)17-8-10-18(24)11-9-17)14-26(23(19)25-15)13-16-5-3-2-4-6-16/h2-12,14H,13H2,1H3. The summed E-state index contributed by atoms with van der Waals surface area (Å²) >= 11 is 0. The minimum absolute atomic E-state index is 0.0423. The van der Waals surface area contributed by atoms with Crippen LogP contribution < -0.4 is 5.43 Å². The fraction of sp³-hybridized carbons (Fsp3) is 0.0870. The van der Waals surface area contributed by atoms with E-state index in [9.17, 15) is 14.0 Å². The highest BCUT2D eigenvalue weighted by molar-refractivity contribution is 6.10. The van der Waals surface area contributed by atoms with Gasteiger partial charge in [-0.05, 0) is 48.9 Å². The van der Waals surface area contributed by atoms with E-state index in [0.717, 1.165) is 11.3 Å². The highest BCUT2D eigenvalue weighted by Crippen LogP contribution is 2.16. The molecule has 0 aliphatic carbocycles. The zero-order valence-corrected chi connectivity index (χ0v) is 15.2. The minimum atomic E-state index is -0.436. The van der Waals surface area contributed by atoms with Crippen LogP contribution in [0.3, 0.4) is 0 Å². The van der Waals surface area contributed by atoms with E-state index >= 15 is 0 Å². The molecule has 0 fully saturated rings. The molecular formula is C23H17FN2O2. The van der Waals surface area contributed by atoms with Crippen LogP contribution in [-0.2, 0) is 6.54 Å². The Hall–Kier alpha value is -3.60. The number of rotatable bonds is 4. The maximum Gasteiger partial charge on any atom is 0.202 e. The maximum atomic E-state index is 13.2. The summed E-state index contributed by atoms with van der Waals surface area (Å²) in [7, 11) is 0. The number of carbonyl (C=O) groups excluding carboxylic acids is 1. The van der Waals surface area contributed by atoms with Crippen molar-refractivity contribution in [3.8, 4) is 0 Å². The van der Waals surface area contributed by atoms with Gasteiger partial charge in [-0.1, -0.05) is 30.3 Å². The minimum Gasteiger partial charge on any atom is -0.327 e. The molecule has 0 aliphatic heterocycles. The van der Waals surface area contributed by atoms with Gasteiger partial charge in [-0.15, -0.1) is 0 Å². The van der Waals surface area contributed by atoms with Crippen LogP contribution in [0, 0.1) is 12.7 Å². The first-order valence-corrected chi connectivity index (χ1v) is 8.88. The lowest BCUT2D eigenvalue weighted by Gasteiger charge is -2.13. The van der Waals surface area contributed by atoms with Crippen molar-refractivity contribution in [3.05, 3.63) is 111 Å². The lowest BCUT2D eigenvalue weighted by molar-refractivity contribution is 0.103. The molecule has 0 saturated heterocycles. The molecule has 4 rings (SSSR count). The van der Waals surface area contributed by atoms with Gasteiger partial charge in [-0.3, -0.25) is 9.59 Å². The van der Waals surface area contributed by atoms with Crippen LogP contribution in [0.2, 0.25) is 0 Å². The second kappa shape index (κ2) is 7.19. The summed E-state index contributed by atoms with van der Waals surface area (Å²) in [6, 6.07) is 18.4. The normalized spacial score (nSPS) is 10.9. The highest BCUT2D eigenvalue weighted by Gasteiger charge is 2.18. The number of halogens is 1. The molecule has 5 heteroatoms. The molecule has 0 radical (unpaired) electrons. The number of aryl methyl sites for hydroxylation is 1. The number of carbonyl (C=O) groups is 1. The topological polar surface area (TPSA) is 52.0 Å². The number of fused-ring (bicyclic) bond motifs is 1. The van der Waals surface area contributed by atoms with Gasteiger partial charge in [0, 0.05) is 24.0 Å². The van der Waals surface area contributed by atoms with Crippen LogP contribution in [0.5, 0.6) is 0 Å². The molecule has 0 unspecified atom stereocenters. The molecule has 0 aliphatic rings. The molecule has 4 aromatic rings.